The van der Waals surface area contributed by atoms with Crippen molar-refractivity contribution >= 4 is 22.1 Å². The summed E-state index contributed by atoms with van der Waals surface area (Å²) in [5.74, 6) is 0. The monoisotopic (exact) mass is 288 g/mol. The molecule has 0 atom stereocenters. The number of anilines is 1. The predicted octanol–water partition coefficient (Wildman–Crippen LogP) is 2.86. The van der Waals surface area contributed by atoms with Crippen molar-refractivity contribution in [2.45, 2.75) is 20.3 Å². The first-order valence-electron chi connectivity index (χ1n) is 7.12. The number of rotatable bonds is 7. The molecule has 2 rings (SSSR count). The van der Waals surface area contributed by atoms with E-state index in [0.717, 1.165) is 42.8 Å². The standard InChI is InChI=1S/C15H20N4O2/c1-3-16-7-4-8-17-14-5-6-15(19(20)21)13-10-18-11(2)9-12(13)14/h5-6,9-10,16-17H,3-4,7-8H2,1-2H3. The number of nitrogens with one attached hydrogen (secondary N) is 2. The van der Waals surface area contributed by atoms with E-state index < -0.39 is 0 Å². The molecule has 6 nitrogen and oxygen atoms in total. The van der Waals surface area contributed by atoms with Crippen LogP contribution in [-0.2, 0) is 0 Å². The molecule has 2 aromatic rings. The van der Waals surface area contributed by atoms with Gasteiger partial charge in [0.15, 0.2) is 0 Å². The van der Waals surface area contributed by atoms with Gasteiger partial charge in [-0.05, 0) is 38.6 Å². The maximum Gasteiger partial charge on any atom is 0.278 e. The Bertz CT molecular complexity index is 643. The highest BCUT2D eigenvalue weighted by Crippen LogP contribution is 2.31. The third-order valence-corrected chi connectivity index (χ3v) is 3.31. The minimum absolute atomic E-state index is 0.0932. The molecule has 0 spiro atoms. The Morgan fingerprint density at radius 2 is 2.10 bits per heavy atom. The summed E-state index contributed by atoms with van der Waals surface area (Å²) in [4.78, 5) is 14.9. The van der Waals surface area contributed by atoms with Gasteiger partial charge in [0.25, 0.3) is 5.69 Å². The van der Waals surface area contributed by atoms with Crippen molar-refractivity contribution in [2.75, 3.05) is 25.0 Å². The normalized spacial score (nSPS) is 10.8. The number of pyridine rings is 1. The second-order valence-corrected chi connectivity index (χ2v) is 4.89. The fourth-order valence-electron chi connectivity index (χ4n) is 2.26. The third kappa shape index (κ3) is 3.66. The van der Waals surface area contributed by atoms with Crippen LogP contribution in [0.15, 0.2) is 24.4 Å². The van der Waals surface area contributed by atoms with Gasteiger partial charge in [0.05, 0.1) is 10.3 Å². The number of fused-ring (bicyclic) bond motifs is 1. The van der Waals surface area contributed by atoms with Crippen molar-refractivity contribution in [3.05, 3.63) is 40.2 Å². The third-order valence-electron chi connectivity index (χ3n) is 3.31. The predicted molar refractivity (Wildman–Crippen MR) is 84.8 cm³/mol. The molecule has 0 aliphatic heterocycles. The first-order valence-corrected chi connectivity index (χ1v) is 7.12. The van der Waals surface area contributed by atoms with E-state index in [1.807, 2.05) is 13.0 Å². The van der Waals surface area contributed by atoms with Crippen LogP contribution in [0.3, 0.4) is 0 Å². The molecular weight excluding hydrogens is 268 g/mol. The minimum Gasteiger partial charge on any atom is -0.384 e. The van der Waals surface area contributed by atoms with Crippen LogP contribution in [-0.4, -0.2) is 29.5 Å². The van der Waals surface area contributed by atoms with Crippen molar-refractivity contribution in [1.82, 2.24) is 10.3 Å². The SMILES string of the molecule is CCNCCCNc1ccc([N+](=O)[O-])c2cnc(C)cc12. The molecule has 21 heavy (non-hydrogen) atoms. The van der Waals surface area contributed by atoms with Crippen LogP contribution >= 0.6 is 0 Å². The quantitative estimate of drug-likeness (QED) is 0.465. The summed E-state index contributed by atoms with van der Waals surface area (Å²) >= 11 is 0. The Kier molecular flexibility index (Phi) is 5.05. The molecule has 6 heteroatoms. The van der Waals surface area contributed by atoms with Crippen LogP contribution in [0.1, 0.15) is 19.0 Å². The van der Waals surface area contributed by atoms with E-state index in [0.29, 0.717) is 5.39 Å². The molecule has 0 bridgehead atoms. The van der Waals surface area contributed by atoms with Crippen LogP contribution in [0.25, 0.3) is 10.8 Å². The van der Waals surface area contributed by atoms with Crippen LogP contribution in [0.4, 0.5) is 11.4 Å². The Hall–Kier alpha value is -2.21. The van der Waals surface area contributed by atoms with Gasteiger partial charge in [0, 0.05) is 35.6 Å². The fourth-order valence-corrected chi connectivity index (χ4v) is 2.26. The van der Waals surface area contributed by atoms with Crippen molar-refractivity contribution in [2.24, 2.45) is 0 Å². The van der Waals surface area contributed by atoms with Gasteiger partial charge in [-0.15, -0.1) is 0 Å². The number of benzene rings is 1. The lowest BCUT2D eigenvalue weighted by atomic mass is 10.1. The number of aromatic nitrogens is 1. The van der Waals surface area contributed by atoms with Gasteiger partial charge < -0.3 is 10.6 Å². The zero-order valence-electron chi connectivity index (χ0n) is 12.3. The Morgan fingerprint density at radius 3 is 2.81 bits per heavy atom. The molecule has 1 heterocycles. The first-order chi connectivity index (χ1) is 10.1. The lowest BCUT2D eigenvalue weighted by Crippen LogP contribution is -2.17. The van der Waals surface area contributed by atoms with Crippen molar-refractivity contribution in [3.63, 3.8) is 0 Å². The summed E-state index contributed by atoms with van der Waals surface area (Å²) in [6.07, 6.45) is 2.57. The highest BCUT2D eigenvalue weighted by atomic mass is 16.6. The molecule has 1 aromatic carbocycles. The fraction of sp³-hybridized carbons (Fsp3) is 0.400. The summed E-state index contributed by atoms with van der Waals surface area (Å²) in [5, 5.41) is 19.1. The molecule has 0 saturated heterocycles. The Balaban J connectivity index is 2.25. The molecule has 0 saturated carbocycles. The average molecular weight is 288 g/mol. The smallest absolute Gasteiger partial charge is 0.278 e. The van der Waals surface area contributed by atoms with E-state index in [1.165, 1.54) is 6.07 Å². The van der Waals surface area contributed by atoms with Crippen molar-refractivity contribution in [3.8, 4) is 0 Å². The summed E-state index contributed by atoms with van der Waals surface area (Å²) in [5.41, 5.74) is 1.85. The van der Waals surface area contributed by atoms with Crippen LogP contribution < -0.4 is 10.6 Å². The number of hydrogen-bond acceptors (Lipinski definition) is 5. The number of non-ortho nitro benzene ring substituents is 1. The van der Waals surface area contributed by atoms with Gasteiger partial charge >= 0.3 is 0 Å². The number of nitro benzene ring substituents is 1. The summed E-state index contributed by atoms with van der Waals surface area (Å²) < 4.78 is 0. The Labute approximate surface area is 123 Å². The van der Waals surface area contributed by atoms with Gasteiger partial charge in [-0.2, -0.15) is 0 Å². The maximum atomic E-state index is 11.1. The first kappa shape index (κ1) is 15.2. The molecule has 0 aliphatic carbocycles. The Morgan fingerprint density at radius 1 is 1.29 bits per heavy atom. The lowest BCUT2D eigenvalue weighted by molar-refractivity contribution is -0.383. The minimum atomic E-state index is -0.367. The number of aryl methyl sites for hydroxylation is 1. The van der Waals surface area contributed by atoms with Gasteiger partial charge in [-0.25, -0.2) is 0 Å². The zero-order chi connectivity index (χ0) is 15.2. The van der Waals surface area contributed by atoms with Crippen molar-refractivity contribution in [1.29, 1.82) is 0 Å². The van der Waals surface area contributed by atoms with E-state index in [2.05, 4.69) is 22.5 Å². The van der Waals surface area contributed by atoms with Crippen LogP contribution in [0, 0.1) is 17.0 Å². The molecule has 0 radical (unpaired) electrons. The highest BCUT2D eigenvalue weighted by Gasteiger charge is 2.14. The van der Waals surface area contributed by atoms with E-state index in [-0.39, 0.29) is 10.6 Å². The second-order valence-electron chi connectivity index (χ2n) is 4.89. The second kappa shape index (κ2) is 6.99. The molecule has 0 unspecified atom stereocenters. The summed E-state index contributed by atoms with van der Waals surface area (Å²) in [7, 11) is 0. The molecular formula is C15H20N4O2. The van der Waals surface area contributed by atoms with E-state index >= 15 is 0 Å². The van der Waals surface area contributed by atoms with Gasteiger partial charge in [-0.3, -0.25) is 15.1 Å². The lowest BCUT2D eigenvalue weighted by Gasteiger charge is -2.10. The van der Waals surface area contributed by atoms with Gasteiger partial charge in [0.1, 0.15) is 0 Å². The molecule has 0 amide bonds. The number of nitro groups is 1. The van der Waals surface area contributed by atoms with E-state index in [1.54, 1.807) is 12.3 Å². The van der Waals surface area contributed by atoms with Crippen LogP contribution in [0.2, 0.25) is 0 Å². The molecule has 1 aromatic heterocycles. The number of hydrogen-bond donors (Lipinski definition) is 2. The van der Waals surface area contributed by atoms with Gasteiger partial charge in [-0.1, -0.05) is 6.92 Å². The van der Waals surface area contributed by atoms with E-state index in [9.17, 15) is 10.1 Å². The molecule has 2 N–H and O–H groups in total. The molecule has 112 valence electrons. The molecule has 0 fully saturated rings. The summed E-state index contributed by atoms with van der Waals surface area (Å²) in [6.45, 7) is 6.70. The maximum absolute atomic E-state index is 11.1. The van der Waals surface area contributed by atoms with Crippen molar-refractivity contribution < 1.29 is 4.92 Å². The van der Waals surface area contributed by atoms with Crippen LogP contribution in [0.5, 0.6) is 0 Å². The molecule has 0 aliphatic rings. The summed E-state index contributed by atoms with van der Waals surface area (Å²) in [6, 6.07) is 5.19. The average Bonchev–Trinajstić information content (AvgIpc) is 2.46. The topological polar surface area (TPSA) is 80.1 Å². The largest absolute Gasteiger partial charge is 0.384 e. The number of nitrogens with zero attached hydrogens (tertiary/aromatic N) is 2. The zero-order valence-corrected chi connectivity index (χ0v) is 12.3. The van der Waals surface area contributed by atoms with E-state index in [4.69, 9.17) is 0 Å². The highest BCUT2D eigenvalue weighted by molar-refractivity contribution is 5.99. The van der Waals surface area contributed by atoms with Gasteiger partial charge in [0.2, 0.25) is 0 Å².